The first-order valence-corrected chi connectivity index (χ1v) is 11.7. The average Bonchev–Trinajstić information content (AvgIpc) is 3.02. The summed E-state index contributed by atoms with van der Waals surface area (Å²) >= 11 is 0. The smallest absolute Gasteiger partial charge is 0.317 e. The molecule has 8 heteroatoms. The van der Waals surface area contributed by atoms with Crippen LogP contribution in [0.4, 0.5) is 0 Å². The number of hydrogen-bond donors (Lipinski definition) is 3. The lowest BCUT2D eigenvalue weighted by molar-refractivity contribution is -0.157. The van der Waals surface area contributed by atoms with Crippen LogP contribution in [0.15, 0.2) is 24.3 Å². The highest BCUT2D eigenvalue weighted by Crippen LogP contribution is 2.48. The fourth-order valence-electron chi connectivity index (χ4n) is 4.31. The van der Waals surface area contributed by atoms with Crippen molar-refractivity contribution in [3.8, 4) is 0 Å². The van der Waals surface area contributed by atoms with Crippen molar-refractivity contribution in [2.24, 2.45) is 17.3 Å². The zero-order valence-corrected chi connectivity index (χ0v) is 19.9. The highest BCUT2D eigenvalue weighted by molar-refractivity contribution is 6.13. The van der Waals surface area contributed by atoms with E-state index in [1.807, 2.05) is 6.92 Å². The molecule has 0 aromatic carbocycles. The second-order valence-corrected chi connectivity index (χ2v) is 8.90. The molecule has 3 N–H and O–H groups in total. The highest BCUT2D eigenvalue weighted by Gasteiger charge is 2.60. The lowest BCUT2D eigenvalue weighted by atomic mass is 9.72. The van der Waals surface area contributed by atoms with Crippen molar-refractivity contribution in [3.63, 3.8) is 0 Å². The summed E-state index contributed by atoms with van der Waals surface area (Å²) in [5.41, 5.74) is -3.04. The summed E-state index contributed by atoms with van der Waals surface area (Å²) in [5.74, 6) is -6.04. The molecule has 1 rings (SSSR count). The third kappa shape index (κ3) is 8.11. The first kappa shape index (κ1) is 28.6. The first-order chi connectivity index (χ1) is 15.5. The molecule has 4 unspecified atom stereocenters. The molecule has 0 aromatic heterocycles. The van der Waals surface area contributed by atoms with Crippen molar-refractivity contribution < 1.29 is 39.2 Å². The van der Waals surface area contributed by atoms with Gasteiger partial charge in [0.2, 0.25) is 0 Å². The van der Waals surface area contributed by atoms with Crippen LogP contribution in [-0.2, 0) is 23.9 Å². The number of carboxylic acids is 2. The van der Waals surface area contributed by atoms with E-state index in [2.05, 4.69) is 0 Å². The maximum atomic E-state index is 13.0. The van der Waals surface area contributed by atoms with E-state index < -0.39 is 40.6 Å². The molecule has 0 heterocycles. The van der Waals surface area contributed by atoms with E-state index >= 15 is 0 Å². The van der Waals surface area contributed by atoms with Crippen LogP contribution in [0.2, 0.25) is 0 Å². The van der Waals surface area contributed by atoms with E-state index in [9.17, 15) is 34.5 Å². The summed E-state index contributed by atoms with van der Waals surface area (Å²) in [4.78, 5) is 48.3. The van der Waals surface area contributed by atoms with Crippen molar-refractivity contribution in [3.05, 3.63) is 24.3 Å². The highest BCUT2D eigenvalue weighted by atomic mass is 16.5. The summed E-state index contributed by atoms with van der Waals surface area (Å²) in [6, 6.07) is 0. The fourth-order valence-corrected chi connectivity index (χ4v) is 4.31. The van der Waals surface area contributed by atoms with Crippen LogP contribution >= 0.6 is 0 Å². The van der Waals surface area contributed by atoms with Gasteiger partial charge in [-0.3, -0.25) is 19.2 Å². The first-order valence-electron chi connectivity index (χ1n) is 11.7. The minimum absolute atomic E-state index is 0.0617. The second kappa shape index (κ2) is 13.3. The summed E-state index contributed by atoms with van der Waals surface area (Å²) < 4.78 is 4.85. The third-order valence-electron chi connectivity index (χ3n) is 6.23. The number of ketones is 1. The molecule has 1 fully saturated rings. The Morgan fingerprint density at radius 3 is 2.39 bits per heavy atom. The number of rotatable bonds is 15. The molecule has 0 radical (unpaired) electrons. The minimum atomic E-state index is -1.87. The quantitative estimate of drug-likeness (QED) is 0.143. The van der Waals surface area contributed by atoms with Crippen LogP contribution < -0.4 is 0 Å². The molecule has 0 amide bonds. The summed E-state index contributed by atoms with van der Waals surface area (Å²) in [6.07, 6.45) is 10.4. The topological polar surface area (TPSA) is 138 Å². The Morgan fingerprint density at radius 1 is 1.15 bits per heavy atom. The van der Waals surface area contributed by atoms with Gasteiger partial charge in [-0.25, -0.2) is 0 Å². The average molecular weight is 467 g/mol. The SMILES string of the molecule is CCCCCC(C)(O)/C=C/C1CC(C(=O)O)C(=O)C1(CC/C=C/CCC(=O)OCC)C(=O)O. The molecule has 1 aliphatic carbocycles. The van der Waals surface area contributed by atoms with E-state index in [0.29, 0.717) is 19.4 Å². The summed E-state index contributed by atoms with van der Waals surface area (Å²) in [5, 5.41) is 30.1. The van der Waals surface area contributed by atoms with E-state index in [1.165, 1.54) is 12.2 Å². The van der Waals surface area contributed by atoms with Gasteiger partial charge in [-0.1, -0.05) is 50.5 Å². The Kier molecular flexibility index (Phi) is 11.5. The number of hydrogen-bond acceptors (Lipinski definition) is 6. The zero-order chi connectivity index (χ0) is 25.1. The lowest BCUT2D eigenvalue weighted by Crippen LogP contribution is -2.42. The minimum Gasteiger partial charge on any atom is -0.481 e. The van der Waals surface area contributed by atoms with Crippen molar-refractivity contribution in [1.29, 1.82) is 0 Å². The fraction of sp³-hybridized carbons (Fsp3) is 0.680. The second-order valence-electron chi connectivity index (χ2n) is 8.90. The zero-order valence-electron chi connectivity index (χ0n) is 19.9. The molecule has 186 valence electrons. The predicted molar refractivity (Wildman–Crippen MR) is 122 cm³/mol. The Bertz CT molecular complexity index is 752. The molecule has 0 bridgehead atoms. The van der Waals surface area contributed by atoms with Gasteiger partial charge in [-0.2, -0.15) is 0 Å². The van der Waals surface area contributed by atoms with Gasteiger partial charge in [0.25, 0.3) is 0 Å². The molecule has 33 heavy (non-hydrogen) atoms. The van der Waals surface area contributed by atoms with E-state index in [4.69, 9.17) is 4.74 Å². The van der Waals surface area contributed by atoms with Crippen molar-refractivity contribution in [2.75, 3.05) is 6.61 Å². The van der Waals surface area contributed by atoms with Crippen LogP contribution in [0.5, 0.6) is 0 Å². The molecule has 1 aliphatic rings. The van der Waals surface area contributed by atoms with Crippen molar-refractivity contribution in [2.45, 2.75) is 84.2 Å². The number of carbonyl (C=O) groups excluding carboxylic acids is 2. The number of esters is 1. The Morgan fingerprint density at radius 2 is 1.82 bits per heavy atom. The van der Waals surface area contributed by atoms with Crippen LogP contribution in [-0.4, -0.2) is 51.2 Å². The van der Waals surface area contributed by atoms with Gasteiger partial charge in [0.05, 0.1) is 12.2 Å². The number of unbranched alkanes of at least 4 members (excludes halogenated alkanes) is 2. The number of Topliss-reactive ketones (excluding diaryl/α,β-unsaturated/α-hetero) is 1. The molecule has 1 saturated carbocycles. The molecule has 0 spiro atoms. The van der Waals surface area contributed by atoms with E-state index in [-0.39, 0.29) is 31.7 Å². The molecule has 4 atom stereocenters. The van der Waals surface area contributed by atoms with Gasteiger partial charge in [0, 0.05) is 12.3 Å². The summed E-state index contributed by atoms with van der Waals surface area (Å²) in [7, 11) is 0. The largest absolute Gasteiger partial charge is 0.481 e. The van der Waals surface area contributed by atoms with Gasteiger partial charge in [0.15, 0.2) is 5.78 Å². The lowest BCUT2D eigenvalue weighted by Gasteiger charge is -2.28. The van der Waals surface area contributed by atoms with E-state index in [0.717, 1.165) is 19.3 Å². The maximum absolute atomic E-state index is 13.0. The number of allylic oxidation sites excluding steroid dienone is 3. The number of carboxylic acid groups (broad SMARTS) is 2. The van der Waals surface area contributed by atoms with Gasteiger partial charge in [0.1, 0.15) is 11.3 Å². The Balaban J connectivity index is 3.01. The monoisotopic (exact) mass is 466 g/mol. The Hall–Kier alpha value is -2.48. The third-order valence-corrected chi connectivity index (χ3v) is 6.23. The van der Waals surface area contributed by atoms with Crippen LogP contribution in [0.3, 0.4) is 0 Å². The number of ether oxygens (including phenoxy) is 1. The molecular formula is C25H38O8. The molecule has 0 saturated heterocycles. The van der Waals surface area contributed by atoms with E-state index in [1.54, 1.807) is 26.0 Å². The normalized spacial score (nSPS) is 24.9. The van der Waals surface area contributed by atoms with Crippen molar-refractivity contribution >= 4 is 23.7 Å². The van der Waals surface area contributed by atoms with Gasteiger partial charge < -0.3 is 20.1 Å². The molecule has 0 aliphatic heterocycles. The Labute approximate surface area is 195 Å². The summed E-state index contributed by atoms with van der Waals surface area (Å²) in [6.45, 7) is 5.70. The molecule has 0 aromatic rings. The molecule has 8 nitrogen and oxygen atoms in total. The molecular weight excluding hydrogens is 428 g/mol. The standard InChI is InChI=1S/C25H38O8/c1-4-6-10-14-24(3,32)16-13-18-17-19(22(28)29)21(27)25(18,23(30)31)15-11-8-7-9-12-20(26)33-5-2/h7-8,13,16,18-19,32H,4-6,9-12,14-15,17H2,1-3H3,(H,28,29)(H,30,31)/b8-7+,16-13+. The van der Waals surface area contributed by atoms with Gasteiger partial charge in [-0.05, 0) is 46.0 Å². The van der Waals surface area contributed by atoms with Crippen LogP contribution in [0.25, 0.3) is 0 Å². The predicted octanol–water partition coefficient (Wildman–Crippen LogP) is 3.91. The number of aliphatic hydroxyl groups is 1. The number of aliphatic carboxylic acids is 2. The van der Waals surface area contributed by atoms with Crippen molar-refractivity contribution in [1.82, 2.24) is 0 Å². The van der Waals surface area contributed by atoms with Crippen LogP contribution in [0.1, 0.15) is 78.6 Å². The maximum Gasteiger partial charge on any atom is 0.317 e. The van der Waals surface area contributed by atoms with Gasteiger partial charge in [-0.15, -0.1) is 0 Å². The van der Waals surface area contributed by atoms with Crippen LogP contribution in [0, 0.1) is 17.3 Å². The van der Waals surface area contributed by atoms with Gasteiger partial charge >= 0.3 is 17.9 Å². The number of carbonyl (C=O) groups is 4.